The number of hydrogen-bond acceptors (Lipinski definition) is 4. The molecule has 7 nitrogen and oxygen atoms in total. The summed E-state index contributed by atoms with van der Waals surface area (Å²) in [5.41, 5.74) is 2.71. The molecule has 0 aliphatic rings. The van der Waals surface area contributed by atoms with Crippen LogP contribution in [0.2, 0.25) is 0 Å². The monoisotopic (exact) mass is 537 g/mol. The fraction of sp³-hybridized carbons (Fsp3) is 0.531. The summed E-state index contributed by atoms with van der Waals surface area (Å²) < 4.78 is 5.49. The second kappa shape index (κ2) is 12.7. The van der Waals surface area contributed by atoms with Gasteiger partial charge in [-0.2, -0.15) is 0 Å². The summed E-state index contributed by atoms with van der Waals surface area (Å²) in [6, 6.07) is 11.6. The molecule has 0 aliphatic heterocycles. The lowest BCUT2D eigenvalue weighted by Gasteiger charge is -2.44. The van der Waals surface area contributed by atoms with Crippen LogP contribution in [-0.4, -0.2) is 40.0 Å². The van der Waals surface area contributed by atoms with Gasteiger partial charge < -0.3 is 20.3 Å². The van der Waals surface area contributed by atoms with Crippen molar-refractivity contribution in [3.05, 3.63) is 64.7 Å². The number of para-hydroxylation sites is 1. The van der Waals surface area contributed by atoms with Crippen molar-refractivity contribution in [1.82, 2.24) is 10.2 Å². The Hall–Kier alpha value is -3.35. The van der Waals surface area contributed by atoms with Crippen molar-refractivity contribution in [3.63, 3.8) is 0 Å². The average molecular weight is 538 g/mol. The Morgan fingerprint density at radius 2 is 1.38 bits per heavy atom. The van der Waals surface area contributed by atoms with Gasteiger partial charge in [-0.05, 0) is 103 Å². The summed E-state index contributed by atoms with van der Waals surface area (Å²) >= 11 is 0. The highest BCUT2D eigenvalue weighted by molar-refractivity contribution is 6.00. The van der Waals surface area contributed by atoms with Crippen molar-refractivity contribution in [3.8, 4) is 0 Å². The molecule has 2 aromatic rings. The highest BCUT2D eigenvalue weighted by Gasteiger charge is 2.43. The van der Waals surface area contributed by atoms with Gasteiger partial charge >= 0.3 is 6.09 Å². The molecule has 0 aliphatic carbocycles. The van der Waals surface area contributed by atoms with Crippen LogP contribution in [0.3, 0.4) is 0 Å². The Bertz CT molecular complexity index is 1150. The van der Waals surface area contributed by atoms with E-state index in [0.29, 0.717) is 12.1 Å². The molecule has 7 heteroatoms. The molecule has 39 heavy (non-hydrogen) atoms. The van der Waals surface area contributed by atoms with E-state index in [4.69, 9.17) is 4.74 Å². The third-order valence-electron chi connectivity index (χ3n) is 6.38. The number of ether oxygens (including phenoxy) is 1. The number of rotatable bonds is 8. The van der Waals surface area contributed by atoms with Crippen LogP contribution >= 0.6 is 0 Å². The van der Waals surface area contributed by atoms with Gasteiger partial charge in [0.25, 0.3) is 5.91 Å². The number of carbonyl (C=O) groups excluding carboxylic acids is 3. The van der Waals surface area contributed by atoms with Crippen LogP contribution in [0.4, 0.5) is 10.5 Å². The van der Waals surface area contributed by atoms with E-state index in [2.05, 4.69) is 10.6 Å². The Labute approximate surface area is 234 Å². The first kappa shape index (κ1) is 31.9. The summed E-state index contributed by atoms with van der Waals surface area (Å²) in [5, 5.41) is 5.88. The van der Waals surface area contributed by atoms with Gasteiger partial charge in [-0.1, -0.05) is 50.2 Å². The van der Waals surface area contributed by atoms with Gasteiger partial charge in [0.2, 0.25) is 5.91 Å². The van der Waals surface area contributed by atoms with Gasteiger partial charge in [-0.15, -0.1) is 0 Å². The number of hydrogen-bond donors (Lipinski definition) is 2. The maximum Gasteiger partial charge on any atom is 0.408 e. The summed E-state index contributed by atoms with van der Waals surface area (Å²) in [6.45, 7) is 20.9. The van der Waals surface area contributed by atoms with E-state index in [9.17, 15) is 14.4 Å². The number of aryl methyl sites for hydroxylation is 3. The summed E-state index contributed by atoms with van der Waals surface area (Å²) in [5.74, 6) is -0.546. The van der Waals surface area contributed by atoms with E-state index in [0.717, 1.165) is 22.3 Å². The van der Waals surface area contributed by atoms with Crippen molar-refractivity contribution in [2.24, 2.45) is 5.92 Å². The molecule has 2 aromatic carbocycles. The molecule has 2 rings (SSSR count). The Morgan fingerprint density at radius 3 is 1.87 bits per heavy atom. The van der Waals surface area contributed by atoms with E-state index in [-0.39, 0.29) is 17.7 Å². The summed E-state index contributed by atoms with van der Waals surface area (Å²) in [6.07, 6.45) is -0.271. The van der Waals surface area contributed by atoms with E-state index in [1.165, 1.54) is 0 Å². The minimum Gasteiger partial charge on any atom is -0.444 e. The predicted octanol–water partition coefficient (Wildman–Crippen LogP) is 6.86. The third kappa shape index (κ3) is 8.84. The Balaban J connectivity index is 2.68. The van der Waals surface area contributed by atoms with E-state index in [1.807, 2.05) is 97.9 Å². The largest absolute Gasteiger partial charge is 0.444 e. The second-order valence-corrected chi connectivity index (χ2v) is 12.7. The fourth-order valence-electron chi connectivity index (χ4n) is 4.71. The summed E-state index contributed by atoms with van der Waals surface area (Å²) in [4.78, 5) is 43.1. The third-order valence-corrected chi connectivity index (χ3v) is 6.38. The molecule has 214 valence electrons. The maximum absolute atomic E-state index is 14.5. The van der Waals surface area contributed by atoms with Crippen LogP contribution in [-0.2, 0) is 14.3 Å². The number of benzene rings is 2. The molecule has 2 atom stereocenters. The van der Waals surface area contributed by atoms with Crippen LogP contribution < -0.4 is 10.6 Å². The smallest absolute Gasteiger partial charge is 0.408 e. The molecule has 0 saturated carbocycles. The standard InChI is InChI=1S/C32H47N3O4/c1-20(2)19-25(34-30(38)39-32(9,10)11)29(37)35(31(6,7)8)27(26-22(4)16-14-17-23(26)5)28(36)33-24-18-13-12-15-21(24)3/h12-18,20,25,27H,19H2,1-11H3,(H,33,36)(H,34,38). The quantitative estimate of drug-likeness (QED) is 0.385. The van der Waals surface area contributed by atoms with Gasteiger partial charge in [-0.25, -0.2) is 4.79 Å². The molecule has 0 fully saturated rings. The van der Waals surface area contributed by atoms with E-state index >= 15 is 0 Å². The number of nitrogens with one attached hydrogen (secondary N) is 2. The first-order chi connectivity index (χ1) is 17.9. The minimum absolute atomic E-state index is 0.107. The molecule has 0 heterocycles. The van der Waals surface area contributed by atoms with Crippen LogP contribution in [0.5, 0.6) is 0 Å². The van der Waals surface area contributed by atoms with Gasteiger partial charge in [-0.3, -0.25) is 9.59 Å². The number of nitrogens with zero attached hydrogens (tertiary/aromatic N) is 1. The van der Waals surface area contributed by atoms with Crippen LogP contribution in [0.15, 0.2) is 42.5 Å². The second-order valence-electron chi connectivity index (χ2n) is 12.7. The minimum atomic E-state index is -0.937. The predicted molar refractivity (Wildman–Crippen MR) is 158 cm³/mol. The zero-order valence-electron chi connectivity index (χ0n) is 25.6. The average Bonchev–Trinajstić information content (AvgIpc) is 2.76. The van der Waals surface area contributed by atoms with Crippen molar-refractivity contribution >= 4 is 23.6 Å². The Morgan fingerprint density at radius 1 is 0.846 bits per heavy atom. The van der Waals surface area contributed by atoms with E-state index < -0.39 is 29.3 Å². The van der Waals surface area contributed by atoms with Gasteiger partial charge in [0.1, 0.15) is 17.7 Å². The molecular weight excluding hydrogens is 490 g/mol. The highest BCUT2D eigenvalue weighted by atomic mass is 16.6. The van der Waals surface area contributed by atoms with Crippen molar-refractivity contribution in [1.29, 1.82) is 0 Å². The maximum atomic E-state index is 14.5. The van der Waals surface area contributed by atoms with Crippen LogP contribution in [0.25, 0.3) is 0 Å². The van der Waals surface area contributed by atoms with Gasteiger partial charge in [0, 0.05) is 11.2 Å². The molecule has 2 unspecified atom stereocenters. The lowest BCUT2D eigenvalue weighted by Crippen LogP contribution is -2.58. The number of carbonyl (C=O) groups is 3. The first-order valence-electron chi connectivity index (χ1n) is 13.7. The van der Waals surface area contributed by atoms with Gasteiger partial charge in [0.15, 0.2) is 0 Å². The first-order valence-corrected chi connectivity index (χ1v) is 13.7. The molecule has 3 amide bonds. The van der Waals surface area contributed by atoms with Crippen molar-refractivity contribution in [2.45, 2.75) is 106 Å². The van der Waals surface area contributed by atoms with Crippen molar-refractivity contribution < 1.29 is 19.1 Å². The number of alkyl carbamates (subject to hydrolysis) is 1. The lowest BCUT2D eigenvalue weighted by molar-refractivity contribution is -0.147. The lowest BCUT2D eigenvalue weighted by atomic mass is 9.89. The number of amides is 3. The Kier molecular flexibility index (Phi) is 10.4. The molecule has 0 radical (unpaired) electrons. The number of anilines is 1. The molecular formula is C32H47N3O4. The van der Waals surface area contributed by atoms with Crippen molar-refractivity contribution in [2.75, 3.05) is 5.32 Å². The topological polar surface area (TPSA) is 87.7 Å². The van der Waals surface area contributed by atoms with Crippen LogP contribution in [0, 0.1) is 26.7 Å². The fourth-order valence-corrected chi connectivity index (χ4v) is 4.71. The van der Waals surface area contributed by atoms with E-state index in [1.54, 1.807) is 25.7 Å². The molecule has 0 aromatic heterocycles. The zero-order valence-corrected chi connectivity index (χ0v) is 25.6. The molecule has 2 N–H and O–H groups in total. The SMILES string of the molecule is Cc1ccccc1NC(=O)C(c1c(C)cccc1C)N(C(=O)C(CC(C)C)NC(=O)OC(C)(C)C)C(C)(C)C. The normalized spacial score (nSPS) is 13.4. The summed E-state index contributed by atoms with van der Waals surface area (Å²) in [7, 11) is 0. The zero-order chi connectivity index (χ0) is 29.7. The highest BCUT2D eigenvalue weighted by Crippen LogP contribution is 2.35. The van der Waals surface area contributed by atoms with Gasteiger partial charge in [0.05, 0.1) is 0 Å². The van der Waals surface area contributed by atoms with Crippen LogP contribution in [0.1, 0.15) is 90.1 Å². The molecule has 0 spiro atoms. The molecule has 0 saturated heterocycles. The molecule has 0 bridgehead atoms.